The van der Waals surface area contributed by atoms with Crippen molar-refractivity contribution in [3.05, 3.63) is 65.2 Å². The van der Waals surface area contributed by atoms with E-state index in [4.69, 9.17) is 4.74 Å². The van der Waals surface area contributed by atoms with Gasteiger partial charge in [0, 0.05) is 6.54 Å². The number of nitrogens with one attached hydrogen (secondary N) is 1. The Hall–Kier alpha value is -2.29. The lowest BCUT2D eigenvalue weighted by molar-refractivity contribution is -0.128. The van der Waals surface area contributed by atoms with Gasteiger partial charge in [-0.2, -0.15) is 0 Å². The summed E-state index contributed by atoms with van der Waals surface area (Å²) in [6.07, 6.45) is 1.02. The van der Waals surface area contributed by atoms with E-state index >= 15 is 0 Å². The molecule has 3 nitrogen and oxygen atoms in total. The maximum atomic E-state index is 12.3. The van der Waals surface area contributed by atoms with Crippen molar-refractivity contribution >= 4 is 5.91 Å². The molecule has 0 bridgehead atoms. The van der Waals surface area contributed by atoms with Crippen LogP contribution in [0, 0.1) is 13.8 Å². The molecular weight excluding hydrogens is 286 g/mol. The fourth-order valence-corrected chi connectivity index (χ4v) is 2.36. The second-order valence-electron chi connectivity index (χ2n) is 5.79. The van der Waals surface area contributed by atoms with E-state index in [0.717, 1.165) is 12.2 Å². The molecule has 0 saturated heterocycles. The van der Waals surface area contributed by atoms with Gasteiger partial charge in [0.15, 0.2) is 6.10 Å². The first-order valence-corrected chi connectivity index (χ1v) is 8.15. The zero-order valence-electron chi connectivity index (χ0n) is 14.1. The highest BCUT2D eigenvalue weighted by Crippen LogP contribution is 2.18. The fourth-order valence-electron chi connectivity index (χ4n) is 2.36. The molecule has 122 valence electrons. The van der Waals surface area contributed by atoms with E-state index < -0.39 is 6.10 Å². The van der Waals surface area contributed by atoms with E-state index in [1.54, 1.807) is 0 Å². The van der Waals surface area contributed by atoms with Crippen LogP contribution >= 0.6 is 0 Å². The van der Waals surface area contributed by atoms with E-state index in [9.17, 15) is 4.79 Å². The summed E-state index contributed by atoms with van der Waals surface area (Å²) in [4.78, 5) is 12.3. The van der Waals surface area contributed by atoms with Crippen LogP contribution in [-0.2, 0) is 11.2 Å². The summed E-state index contributed by atoms with van der Waals surface area (Å²) in [5.41, 5.74) is 3.61. The van der Waals surface area contributed by atoms with E-state index in [1.807, 2.05) is 50.2 Å². The second-order valence-corrected chi connectivity index (χ2v) is 5.79. The van der Waals surface area contributed by atoms with Gasteiger partial charge in [-0.15, -0.1) is 0 Å². The average molecular weight is 311 g/mol. The van der Waals surface area contributed by atoms with Gasteiger partial charge in [0.05, 0.1) is 0 Å². The number of rotatable bonds is 7. The third-order valence-electron chi connectivity index (χ3n) is 3.98. The number of benzene rings is 2. The van der Waals surface area contributed by atoms with Crippen molar-refractivity contribution in [2.24, 2.45) is 0 Å². The van der Waals surface area contributed by atoms with Crippen LogP contribution in [0.2, 0.25) is 0 Å². The van der Waals surface area contributed by atoms with E-state index in [2.05, 4.69) is 24.4 Å². The third kappa shape index (κ3) is 5.13. The third-order valence-corrected chi connectivity index (χ3v) is 3.98. The molecule has 2 aromatic carbocycles. The number of carbonyl (C=O) groups is 1. The molecule has 2 rings (SSSR count). The van der Waals surface area contributed by atoms with Crippen molar-refractivity contribution in [3.8, 4) is 5.75 Å². The lowest BCUT2D eigenvalue weighted by atomic mass is 10.1. The molecule has 0 aromatic heterocycles. The smallest absolute Gasteiger partial charge is 0.261 e. The molecule has 23 heavy (non-hydrogen) atoms. The molecule has 0 saturated carbocycles. The second kappa shape index (κ2) is 8.37. The van der Waals surface area contributed by atoms with Gasteiger partial charge >= 0.3 is 0 Å². The maximum Gasteiger partial charge on any atom is 0.261 e. The Morgan fingerprint density at radius 1 is 1.09 bits per heavy atom. The summed E-state index contributed by atoms with van der Waals surface area (Å²) in [5.74, 6) is 0.694. The molecule has 3 heteroatoms. The van der Waals surface area contributed by atoms with Gasteiger partial charge in [-0.1, -0.05) is 43.3 Å². The molecular formula is C20H25NO2. The van der Waals surface area contributed by atoms with Crippen LogP contribution in [0.25, 0.3) is 0 Å². The van der Waals surface area contributed by atoms with Crippen molar-refractivity contribution < 1.29 is 9.53 Å². The summed E-state index contributed by atoms with van der Waals surface area (Å²) < 4.78 is 5.85. The van der Waals surface area contributed by atoms with Gasteiger partial charge < -0.3 is 10.1 Å². The standard InChI is InChI=1S/C20H25NO2/c1-4-19(23-18-11-10-15(2)16(3)14-18)20(22)21-13-12-17-8-6-5-7-9-17/h5-11,14,19H,4,12-13H2,1-3H3,(H,21,22)/t19-/m0/s1. The Morgan fingerprint density at radius 3 is 2.48 bits per heavy atom. The predicted octanol–water partition coefficient (Wildman–Crippen LogP) is 3.82. The van der Waals surface area contributed by atoms with Crippen molar-refractivity contribution in [1.29, 1.82) is 0 Å². The molecule has 0 heterocycles. The Labute approximate surface area is 138 Å². The predicted molar refractivity (Wildman–Crippen MR) is 93.8 cm³/mol. The van der Waals surface area contributed by atoms with Crippen LogP contribution in [0.1, 0.15) is 30.0 Å². The van der Waals surface area contributed by atoms with Crippen molar-refractivity contribution in [1.82, 2.24) is 5.32 Å². The molecule has 2 aromatic rings. The van der Waals surface area contributed by atoms with Gasteiger partial charge in [0.2, 0.25) is 0 Å². The number of aryl methyl sites for hydroxylation is 2. The van der Waals surface area contributed by atoms with Crippen LogP contribution < -0.4 is 10.1 Å². The lowest BCUT2D eigenvalue weighted by Crippen LogP contribution is -2.38. The van der Waals surface area contributed by atoms with Gasteiger partial charge in [-0.3, -0.25) is 4.79 Å². The summed E-state index contributed by atoms with van der Waals surface area (Å²) in [6.45, 7) is 6.69. The van der Waals surface area contributed by atoms with Crippen LogP contribution in [0.3, 0.4) is 0 Å². The first-order chi connectivity index (χ1) is 11.1. The highest BCUT2D eigenvalue weighted by Gasteiger charge is 2.18. The quantitative estimate of drug-likeness (QED) is 0.844. The molecule has 0 aliphatic rings. The minimum atomic E-state index is -0.451. The maximum absolute atomic E-state index is 12.3. The molecule has 0 unspecified atom stereocenters. The number of ether oxygens (including phenoxy) is 1. The molecule has 0 radical (unpaired) electrons. The van der Waals surface area contributed by atoms with Crippen molar-refractivity contribution in [3.63, 3.8) is 0 Å². The summed E-state index contributed by atoms with van der Waals surface area (Å²) >= 11 is 0. The zero-order valence-corrected chi connectivity index (χ0v) is 14.1. The highest BCUT2D eigenvalue weighted by atomic mass is 16.5. The topological polar surface area (TPSA) is 38.3 Å². The van der Waals surface area contributed by atoms with Gasteiger partial charge in [0.25, 0.3) is 5.91 Å². The van der Waals surface area contributed by atoms with Crippen molar-refractivity contribution in [2.45, 2.75) is 39.7 Å². The molecule has 0 spiro atoms. The van der Waals surface area contributed by atoms with Crippen LogP contribution in [0.5, 0.6) is 5.75 Å². The minimum Gasteiger partial charge on any atom is -0.481 e. The normalized spacial score (nSPS) is 11.8. The number of carbonyl (C=O) groups excluding carboxylic acids is 1. The zero-order chi connectivity index (χ0) is 16.7. The molecule has 1 N–H and O–H groups in total. The average Bonchev–Trinajstić information content (AvgIpc) is 2.56. The largest absolute Gasteiger partial charge is 0.481 e. The summed E-state index contributed by atoms with van der Waals surface area (Å²) in [6, 6.07) is 16.1. The van der Waals surface area contributed by atoms with Crippen LogP contribution in [-0.4, -0.2) is 18.6 Å². The van der Waals surface area contributed by atoms with Crippen LogP contribution in [0.4, 0.5) is 0 Å². The first kappa shape index (κ1) is 17.1. The summed E-state index contributed by atoms with van der Waals surface area (Å²) in [5, 5.41) is 2.96. The molecule has 1 amide bonds. The van der Waals surface area contributed by atoms with E-state index in [0.29, 0.717) is 13.0 Å². The Kier molecular flexibility index (Phi) is 6.21. The van der Waals surface area contributed by atoms with Gasteiger partial charge in [-0.05, 0) is 55.5 Å². The van der Waals surface area contributed by atoms with E-state index in [-0.39, 0.29) is 5.91 Å². The SMILES string of the molecule is CC[C@H](Oc1ccc(C)c(C)c1)C(=O)NCCc1ccccc1. The van der Waals surface area contributed by atoms with Crippen molar-refractivity contribution in [2.75, 3.05) is 6.54 Å². The van der Waals surface area contributed by atoms with Gasteiger partial charge in [0.1, 0.15) is 5.75 Å². The van der Waals surface area contributed by atoms with Crippen LogP contribution in [0.15, 0.2) is 48.5 Å². The molecule has 0 aliphatic heterocycles. The Balaban J connectivity index is 1.86. The number of hydrogen-bond donors (Lipinski definition) is 1. The molecule has 0 aliphatic carbocycles. The summed E-state index contributed by atoms with van der Waals surface area (Å²) in [7, 11) is 0. The Bertz CT molecular complexity index is 637. The fraction of sp³-hybridized carbons (Fsp3) is 0.350. The van der Waals surface area contributed by atoms with E-state index in [1.165, 1.54) is 16.7 Å². The monoisotopic (exact) mass is 311 g/mol. The first-order valence-electron chi connectivity index (χ1n) is 8.15. The molecule has 1 atom stereocenters. The van der Waals surface area contributed by atoms with Gasteiger partial charge in [-0.25, -0.2) is 0 Å². The Morgan fingerprint density at radius 2 is 1.83 bits per heavy atom. The number of hydrogen-bond acceptors (Lipinski definition) is 2. The lowest BCUT2D eigenvalue weighted by Gasteiger charge is -2.18. The minimum absolute atomic E-state index is 0.0540. The molecule has 0 fully saturated rings. The highest BCUT2D eigenvalue weighted by molar-refractivity contribution is 5.81. The number of amides is 1.